The van der Waals surface area contributed by atoms with E-state index in [1.807, 2.05) is 0 Å². The van der Waals surface area contributed by atoms with Gasteiger partial charge in [0.1, 0.15) is 7.05 Å². The maximum Gasteiger partial charge on any atom is 0.212 e. The van der Waals surface area contributed by atoms with Crippen LogP contribution < -0.4 is 4.57 Å². The van der Waals surface area contributed by atoms with Gasteiger partial charge in [0.05, 0.1) is 5.92 Å². The van der Waals surface area contributed by atoms with E-state index in [0.29, 0.717) is 5.92 Å². The second-order valence-electron chi connectivity index (χ2n) is 9.26. The summed E-state index contributed by atoms with van der Waals surface area (Å²) in [5, 5.41) is 2.66. The molecular weight excluding hydrogens is 386 g/mol. The first-order valence-corrected chi connectivity index (χ1v) is 11.4. The predicted molar refractivity (Wildman–Crippen MR) is 130 cm³/mol. The number of hydrogen-bond acceptors (Lipinski definition) is 0. The van der Waals surface area contributed by atoms with Crippen molar-refractivity contribution in [2.75, 3.05) is 0 Å². The Morgan fingerprint density at radius 2 is 1.16 bits per heavy atom. The number of rotatable bonds is 1. The Labute approximate surface area is 188 Å². The molecule has 0 fully saturated rings. The quantitative estimate of drug-likeness (QED) is 0.268. The Balaban J connectivity index is 1.56. The molecule has 0 amide bonds. The summed E-state index contributed by atoms with van der Waals surface area (Å²) in [7, 11) is 2.25. The Morgan fingerprint density at radius 1 is 0.562 bits per heavy atom. The Kier molecular flexibility index (Phi) is 3.58. The summed E-state index contributed by atoms with van der Waals surface area (Å²) in [5.41, 5.74) is 12.7. The van der Waals surface area contributed by atoms with E-state index in [-0.39, 0.29) is 5.92 Å². The molecule has 1 nitrogen and oxygen atoms in total. The smallest absolute Gasteiger partial charge is 0.197 e. The molecule has 4 aromatic carbocycles. The molecule has 0 spiro atoms. The average Bonchev–Trinajstić information content (AvgIpc) is 2.83. The highest BCUT2D eigenvalue weighted by Crippen LogP contribution is 2.55. The Hall–Kier alpha value is -3.71. The first-order chi connectivity index (χ1) is 15.7. The van der Waals surface area contributed by atoms with Crippen LogP contribution in [0.5, 0.6) is 0 Å². The van der Waals surface area contributed by atoms with E-state index in [2.05, 4.69) is 116 Å². The van der Waals surface area contributed by atoms with Crippen molar-refractivity contribution in [3.63, 3.8) is 0 Å². The van der Waals surface area contributed by atoms with E-state index < -0.39 is 0 Å². The van der Waals surface area contributed by atoms with Gasteiger partial charge in [-0.05, 0) is 69.8 Å². The molecule has 1 heteroatoms. The molecule has 2 bridgehead atoms. The number of aromatic nitrogens is 1. The van der Waals surface area contributed by atoms with Gasteiger partial charge >= 0.3 is 0 Å². The Morgan fingerprint density at radius 3 is 1.88 bits per heavy atom. The van der Waals surface area contributed by atoms with Crippen LogP contribution in [0.25, 0.3) is 22.0 Å². The largest absolute Gasteiger partial charge is 0.212 e. The van der Waals surface area contributed by atoms with E-state index in [0.717, 1.165) is 0 Å². The molecule has 1 heterocycles. The van der Waals surface area contributed by atoms with Gasteiger partial charge in [-0.2, -0.15) is 4.57 Å². The van der Waals surface area contributed by atoms with Crippen molar-refractivity contribution in [1.82, 2.24) is 0 Å². The van der Waals surface area contributed by atoms with E-state index in [1.165, 1.54) is 61.1 Å². The minimum atomic E-state index is 0.264. The number of fused-ring (bicyclic) bond motifs is 1. The number of benzene rings is 4. The van der Waals surface area contributed by atoms with Crippen LogP contribution in [0, 0.1) is 6.92 Å². The normalized spacial score (nSPS) is 17.7. The van der Waals surface area contributed by atoms with Crippen LogP contribution in [0.1, 0.15) is 50.9 Å². The minimum Gasteiger partial charge on any atom is -0.197 e. The lowest BCUT2D eigenvalue weighted by atomic mass is 9.62. The number of aryl methyl sites for hydroxylation is 1. The molecule has 0 saturated heterocycles. The zero-order chi connectivity index (χ0) is 21.4. The van der Waals surface area contributed by atoms with Gasteiger partial charge in [0.2, 0.25) is 5.69 Å². The van der Waals surface area contributed by atoms with Crippen LogP contribution in [0.15, 0.2) is 97.1 Å². The van der Waals surface area contributed by atoms with Crippen molar-refractivity contribution in [2.24, 2.45) is 7.05 Å². The summed E-state index contributed by atoms with van der Waals surface area (Å²) in [6.45, 7) is 2.21. The minimum absolute atomic E-state index is 0.264. The van der Waals surface area contributed by atoms with Crippen LogP contribution in [-0.4, -0.2) is 0 Å². The Bertz CT molecular complexity index is 1560. The van der Waals surface area contributed by atoms with Crippen molar-refractivity contribution in [3.05, 3.63) is 136 Å². The van der Waals surface area contributed by atoms with Gasteiger partial charge in [-0.3, -0.25) is 0 Å². The van der Waals surface area contributed by atoms with Crippen LogP contribution >= 0.6 is 0 Å². The third-order valence-corrected chi connectivity index (χ3v) is 7.64. The molecule has 0 radical (unpaired) electrons. The highest BCUT2D eigenvalue weighted by Gasteiger charge is 2.46. The van der Waals surface area contributed by atoms with Crippen molar-refractivity contribution in [1.29, 1.82) is 0 Å². The van der Waals surface area contributed by atoms with E-state index in [1.54, 1.807) is 0 Å². The summed E-state index contributed by atoms with van der Waals surface area (Å²) in [5.74, 6) is 0.558. The van der Waals surface area contributed by atoms with Crippen molar-refractivity contribution >= 4 is 10.8 Å². The lowest BCUT2D eigenvalue weighted by Gasteiger charge is -2.40. The molecule has 32 heavy (non-hydrogen) atoms. The highest BCUT2D eigenvalue weighted by molar-refractivity contribution is 5.86. The summed E-state index contributed by atoms with van der Waals surface area (Å²) in [6.07, 6.45) is 0. The fourth-order valence-corrected chi connectivity index (χ4v) is 6.20. The monoisotopic (exact) mass is 410 g/mol. The summed E-state index contributed by atoms with van der Waals surface area (Å²) in [6, 6.07) is 36.2. The van der Waals surface area contributed by atoms with Crippen LogP contribution in [0.4, 0.5) is 0 Å². The maximum atomic E-state index is 2.46. The molecule has 0 aliphatic heterocycles. The fraction of sp³-hybridized carbons (Fsp3) is 0.129. The molecule has 1 aromatic heterocycles. The summed E-state index contributed by atoms with van der Waals surface area (Å²) < 4.78 is 2.46. The molecule has 0 saturated carbocycles. The molecule has 8 rings (SSSR count). The zero-order valence-electron chi connectivity index (χ0n) is 18.3. The zero-order valence-corrected chi connectivity index (χ0v) is 18.3. The summed E-state index contributed by atoms with van der Waals surface area (Å²) >= 11 is 0. The molecule has 2 unspecified atom stereocenters. The first-order valence-electron chi connectivity index (χ1n) is 11.4. The first kappa shape index (κ1) is 17.9. The van der Waals surface area contributed by atoms with Gasteiger partial charge in [-0.25, -0.2) is 0 Å². The fourth-order valence-electron chi connectivity index (χ4n) is 6.20. The third-order valence-electron chi connectivity index (χ3n) is 7.64. The lowest BCUT2D eigenvalue weighted by molar-refractivity contribution is -0.669. The van der Waals surface area contributed by atoms with Crippen LogP contribution in [0.2, 0.25) is 0 Å². The second-order valence-corrected chi connectivity index (χ2v) is 9.26. The SMILES string of the molecule is Cc1ccccc1-c1ccc2c([n+]1C)C1c3ccccc3C2c2cc3ccccc3cc21. The molecule has 0 N–H and O–H groups in total. The van der Waals surface area contributed by atoms with Gasteiger partial charge in [-0.1, -0.05) is 66.7 Å². The second kappa shape index (κ2) is 6.40. The standard InChI is InChI=1S/C31H24N/c1-19-9-3-6-12-22(19)28-16-15-25-29-23-13-7-8-14-24(23)30(31(25)32(28)2)27-18-21-11-5-4-10-20(21)17-26(27)29/h3-18,29-30H,1-2H3/q+1. The van der Waals surface area contributed by atoms with Crippen LogP contribution in [-0.2, 0) is 7.05 Å². The van der Waals surface area contributed by atoms with E-state index in [4.69, 9.17) is 0 Å². The summed E-state index contributed by atoms with van der Waals surface area (Å²) in [4.78, 5) is 0. The molecule has 2 atom stereocenters. The van der Waals surface area contributed by atoms with E-state index >= 15 is 0 Å². The van der Waals surface area contributed by atoms with Gasteiger partial charge in [0.15, 0.2) is 5.69 Å². The van der Waals surface area contributed by atoms with Crippen molar-refractivity contribution in [2.45, 2.75) is 18.8 Å². The third kappa shape index (κ3) is 2.26. The number of pyridine rings is 1. The topological polar surface area (TPSA) is 3.88 Å². The molecule has 3 aliphatic carbocycles. The molecule has 152 valence electrons. The van der Waals surface area contributed by atoms with Gasteiger partial charge in [-0.15, -0.1) is 0 Å². The van der Waals surface area contributed by atoms with Crippen LogP contribution in [0.3, 0.4) is 0 Å². The molecule has 5 aromatic rings. The number of nitrogens with zero attached hydrogens (tertiary/aromatic N) is 1. The van der Waals surface area contributed by atoms with Gasteiger partial charge < -0.3 is 0 Å². The highest BCUT2D eigenvalue weighted by atomic mass is 15.0. The maximum absolute atomic E-state index is 2.46. The van der Waals surface area contributed by atoms with Crippen molar-refractivity contribution in [3.8, 4) is 11.3 Å². The average molecular weight is 411 g/mol. The number of hydrogen-bond donors (Lipinski definition) is 0. The molecular formula is C31H24N+. The lowest BCUT2D eigenvalue weighted by Crippen LogP contribution is -2.44. The molecule has 3 aliphatic rings. The van der Waals surface area contributed by atoms with Crippen molar-refractivity contribution < 1.29 is 4.57 Å². The van der Waals surface area contributed by atoms with Gasteiger partial charge in [0, 0.05) is 23.1 Å². The van der Waals surface area contributed by atoms with E-state index in [9.17, 15) is 0 Å². The van der Waals surface area contributed by atoms with Gasteiger partial charge in [0.25, 0.3) is 0 Å². The predicted octanol–water partition coefficient (Wildman–Crippen LogP) is 6.63.